The molecule has 4 aromatic rings. The Labute approximate surface area is 282 Å². The summed E-state index contributed by atoms with van der Waals surface area (Å²) in [7, 11) is 0. The number of amides is 2. The van der Waals surface area contributed by atoms with E-state index >= 15 is 0 Å². The maximum atomic E-state index is 13.2. The van der Waals surface area contributed by atoms with Crippen LogP contribution >= 0.6 is 0 Å². The monoisotopic (exact) mass is 654 g/mol. The summed E-state index contributed by atoms with van der Waals surface area (Å²) in [5.41, 5.74) is 3.85. The van der Waals surface area contributed by atoms with Crippen LogP contribution < -0.4 is 0 Å². The van der Waals surface area contributed by atoms with Crippen LogP contribution in [0.2, 0.25) is 0 Å². The molecule has 252 valence electrons. The minimum atomic E-state index is -0.305. The number of ether oxygens (including phenoxy) is 2. The molecule has 6 nitrogen and oxygen atoms in total. The second-order valence-corrected chi connectivity index (χ2v) is 12.9. The molecule has 0 saturated carbocycles. The molecule has 0 spiro atoms. The van der Waals surface area contributed by atoms with E-state index in [1.165, 1.54) is 24.3 Å². The van der Waals surface area contributed by atoms with Crippen molar-refractivity contribution in [3.63, 3.8) is 0 Å². The second kappa shape index (κ2) is 16.9. The van der Waals surface area contributed by atoms with Crippen molar-refractivity contribution >= 4 is 12.2 Å². The predicted octanol–water partition coefficient (Wildman–Crippen LogP) is 9.87. The number of benzene rings is 4. The molecule has 4 atom stereocenters. The van der Waals surface area contributed by atoms with Gasteiger partial charge in [-0.25, -0.2) is 18.4 Å². The summed E-state index contributed by atoms with van der Waals surface area (Å²) in [6, 6.07) is 32.0. The van der Waals surface area contributed by atoms with Gasteiger partial charge in [-0.2, -0.15) is 0 Å². The van der Waals surface area contributed by atoms with Gasteiger partial charge in [0.1, 0.15) is 24.8 Å². The fraction of sp³-hybridized carbons (Fsp3) is 0.350. The molecular formula is C40H44F2N2O4. The number of carbonyl (C=O) groups is 2. The largest absolute Gasteiger partial charge is 0.445 e. The molecule has 2 heterocycles. The van der Waals surface area contributed by atoms with E-state index in [4.69, 9.17) is 9.47 Å². The smallest absolute Gasteiger partial charge is 0.410 e. The van der Waals surface area contributed by atoms with Crippen molar-refractivity contribution in [1.29, 1.82) is 0 Å². The average Bonchev–Trinajstić information content (AvgIpc) is 3.11. The molecule has 0 aliphatic carbocycles. The lowest BCUT2D eigenvalue weighted by atomic mass is 9.88. The summed E-state index contributed by atoms with van der Waals surface area (Å²) < 4.78 is 37.4. The Hall–Kier alpha value is -4.72. The van der Waals surface area contributed by atoms with E-state index in [-0.39, 0.29) is 49.1 Å². The van der Waals surface area contributed by atoms with Crippen LogP contribution in [0.15, 0.2) is 109 Å². The number of rotatable bonds is 6. The van der Waals surface area contributed by atoms with Gasteiger partial charge in [0.25, 0.3) is 0 Å². The molecule has 0 N–H and O–H groups in total. The Bertz CT molecular complexity index is 1460. The first-order chi connectivity index (χ1) is 23.3. The van der Waals surface area contributed by atoms with Crippen LogP contribution in [0.1, 0.15) is 73.9 Å². The summed E-state index contributed by atoms with van der Waals surface area (Å²) in [4.78, 5) is 28.7. The van der Waals surface area contributed by atoms with E-state index in [1.54, 1.807) is 34.1 Å². The summed E-state index contributed by atoms with van der Waals surface area (Å²) >= 11 is 0. The van der Waals surface area contributed by atoms with Gasteiger partial charge in [0.15, 0.2) is 0 Å². The number of likely N-dealkylation sites (tertiary alicyclic amines) is 2. The zero-order chi connectivity index (χ0) is 33.9. The van der Waals surface area contributed by atoms with Crippen LogP contribution in [0.4, 0.5) is 18.4 Å². The van der Waals surface area contributed by atoms with Gasteiger partial charge in [-0.1, -0.05) is 98.8 Å². The molecule has 2 aliphatic rings. The van der Waals surface area contributed by atoms with Gasteiger partial charge in [-0.15, -0.1) is 0 Å². The summed E-state index contributed by atoms with van der Waals surface area (Å²) in [6.07, 6.45) is 3.04. The first kappa shape index (κ1) is 34.6. The molecular weight excluding hydrogens is 610 g/mol. The van der Waals surface area contributed by atoms with Crippen LogP contribution in [0, 0.1) is 23.5 Å². The minimum Gasteiger partial charge on any atom is -0.445 e. The van der Waals surface area contributed by atoms with Crippen molar-refractivity contribution in [2.75, 3.05) is 13.1 Å². The van der Waals surface area contributed by atoms with Crippen LogP contribution in [-0.2, 0) is 22.7 Å². The van der Waals surface area contributed by atoms with E-state index in [1.807, 2.05) is 60.7 Å². The van der Waals surface area contributed by atoms with Gasteiger partial charge < -0.3 is 19.3 Å². The molecule has 4 aromatic carbocycles. The van der Waals surface area contributed by atoms with Crippen molar-refractivity contribution in [2.24, 2.45) is 11.8 Å². The topological polar surface area (TPSA) is 59.1 Å². The Morgan fingerprint density at radius 2 is 0.938 bits per heavy atom. The molecule has 0 bridgehead atoms. The number of halogens is 2. The zero-order valence-electron chi connectivity index (χ0n) is 27.6. The number of hydrogen-bond donors (Lipinski definition) is 0. The zero-order valence-corrected chi connectivity index (χ0v) is 27.6. The molecule has 8 heteroatoms. The maximum Gasteiger partial charge on any atom is 0.410 e. The lowest BCUT2D eigenvalue weighted by Gasteiger charge is -2.38. The average molecular weight is 655 g/mol. The summed E-state index contributed by atoms with van der Waals surface area (Å²) in [5.74, 6) is 0.526. The van der Waals surface area contributed by atoms with E-state index in [0.717, 1.165) is 47.9 Å². The highest BCUT2D eigenvalue weighted by Gasteiger charge is 2.33. The van der Waals surface area contributed by atoms with Crippen molar-refractivity contribution in [1.82, 2.24) is 9.80 Å². The van der Waals surface area contributed by atoms with Crippen molar-refractivity contribution < 1.29 is 27.8 Å². The quantitative estimate of drug-likeness (QED) is 0.208. The minimum absolute atomic E-state index is 0.0578. The molecule has 2 saturated heterocycles. The lowest BCUT2D eigenvalue weighted by molar-refractivity contribution is 0.0581. The SMILES string of the molecule is C[C@@H]1CCN(C(=O)OCc2ccccc2)[C@H](c2ccc(F)cc2)C1.C[C@H]1CCN(C(=O)OCc2ccccc2)[C@H](c2ccc(F)cc2)C1. The van der Waals surface area contributed by atoms with E-state index in [2.05, 4.69) is 13.8 Å². The van der Waals surface area contributed by atoms with Gasteiger partial charge in [0.05, 0.1) is 12.1 Å². The van der Waals surface area contributed by atoms with Gasteiger partial charge in [-0.3, -0.25) is 0 Å². The van der Waals surface area contributed by atoms with E-state index in [0.29, 0.717) is 24.9 Å². The second-order valence-electron chi connectivity index (χ2n) is 12.9. The fourth-order valence-electron chi connectivity index (χ4n) is 6.33. The van der Waals surface area contributed by atoms with Crippen molar-refractivity contribution in [3.05, 3.63) is 143 Å². The number of hydrogen-bond acceptors (Lipinski definition) is 4. The third-order valence-electron chi connectivity index (χ3n) is 9.12. The summed E-state index contributed by atoms with van der Waals surface area (Å²) in [5, 5.41) is 0. The highest BCUT2D eigenvalue weighted by atomic mass is 19.1. The van der Waals surface area contributed by atoms with Crippen molar-refractivity contribution in [2.45, 2.75) is 64.8 Å². The third-order valence-corrected chi connectivity index (χ3v) is 9.12. The molecule has 0 radical (unpaired) electrons. The molecule has 2 fully saturated rings. The Morgan fingerprint density at radius 3 is 1.29 bits per heavy atom. The van der Waals surface area contributed by atoms with Gasteiger partial charge in [0.2, 0.25) is 0 Å². The first-order valence-electron chi connectivity index (χ1n) is 16.7. The van der Waals surface area contributed by atoms with Gasteiger partial charge in [-0.05, 0) is 84.0 Å². The highest BCUT2D eigenvalue weighted by Crippen LogP contribution is 2.36. The highest BCUT2D eigenvalue weighted by molar-refractivity contribution is 5.69. The lowest BCUT2D eigenvalue weighted by Crippen LogP contribution is -2.40. The fourth-order valence-corrected chi connectivity index (χ4v) is 6.33. The van der Waals surface area contributed by atoms with Crippen molar-refractivity contribution in [3.8, 4) is 0 Å². The molecule has 6 rings (SSSR count). The van der Waals surface area contributed by atoms with Crippen LogP contribution in [0.3, 0.4) is 0 Å². The molecule has 0 unspecified atom stereocenters. The Balaban J connectivity index is 0.000000188. The van der Waals surface area contributed by atoms with Crippen LogP contribution in [-0.4, -0.2) is 35.1 Å². The maximum absolute atomic E-state index is 13.2. The van der Waals surface area contributed by atoms with Gasteiger partial charge >= 0.3 is 12.2 Å². The predicted molar refractivity (Wildman–Crippen MR) is 182 cm³/mol. The number of carbonyl (C=O) groups excluding carboxylic acids is 2. The van der Waals surface area contributed by atoms with Gasteiger partial charge in [0, 0.05) is 13.1 Å². The Morgan fingerprint density at radius 1 is 0.583 bits per heavy atom. The first-order valence-corrected chi connectivity index (χ1v) is 16.7. The Kier molecular flexibility index (Phi) is 12.2. The number of nitrogens with zero attached hydrogens (tertiary/aromatic N) is 2. The molecule has 0 aromatic heterocycles. The number of piperidine rings is 2. The van der Waals surface area contributed by atoms with E-state index < -0.39 is 0 Å². The molecule has 48 heavy (non-hydrogen) atoms. The van der Waals surface area contributed by atoms with E-state index in [9.17, 15) is 18.4 Å². The molecule has 2 amide bonds. The third kappa shape index (κ3) is 9.66. The van der Waals surface area contributed by atoms with Crippen LogP contribution in [0.5, 0.6) is 0 Å². The van der Waals surface area contributed by atoms with Crippen LogP contribution in [0.25, 0.3) is 0 Å². The standard InChI is InChI=1S/2C20H22FNO2/c2*1-15-11-12-22(19(13-15)17-7-9-18(21)10-8-17)20(23)24-14-16-5-3-2-4-6-16/h2*2-10,15,19H,11-14H2,1H3/t15-,19+;15-,19-/m10/s1. The normalized spacial score (nSPS) is 20.7. The summed E-state index contributed by atoms with van der Waals surface area (Å²) in [6.45, 7) is 6.23. The molecule has 2 aliphatic heterocycles.